The van der Waals surface area contributed by atoms with Crippen LogP contribution in [0.4, 0.5) is 0 Å². The third-order valence-electron chi connectivity index (χ3n) is 3.34. The molecule has 0 aromatic heterocycles. The maximum absolute atomic E-state index is 12.1. The smallest absolute Gasteiger partial charge is 0.244 e. The lowest BCUT2D eigenvalue weighted by Crippen LogP contribution is -2.24. The lowest BCUT2D eigenvalue weighted by atomic mass is 10.1. The molecule has 1 atom stereocenters. The summed E-state index contributed by atoms with van der Waals surface area (Å²) in [5.74, 6) is 0.527. The van der Waals surface area contributed by atoms with Gasteiger partial charge in [-0.15, -0.1) is 0 Å². The molecule has 5 heteroatoms. The number of hydrogen-bond donors (Lipinski definition) is 1. The van der Waals surface area contributed by atoms with Crippen LogP contribution in [0.25, 0.3) is 6.08 Å². The quantitative estimate of drug-likeness (QED) is 0.780. The minimum atomic E-state index is -0.213. The standard InChI is InChI=1S/C18H17Cl2NO2/c1-12(15-5-3-4-6-17(15)23-2)21-18(22)10-8-13-7-9-14(19)11-16(13)20/h3-12H,1-2H3,(H,21,22)/b10-8+. The number of rotatable bonds is 5. The van der Waals surface area contributed by atoms with Gasteiger partial charge in [-0.3, -0.25) is 4.79 Å². The first kappa shape index (κ1) is 17.4. The molecule has 0 heterocycles. The summed E-state index contributed by atoms with van der Waals surface area (Å²) in [6.45, 7) is 1.90. The number of ether oxygens (including phenoxy) is 1. The lowest BCUT2D eigenvalue weighted by molar-refractivity contribution is -0.117. The molecule has 0 saturated heterocycles. The van der Waals surface area contributed by atoms with Crippen LogP contribution in [-0.4, -0.2) is 13.0 Å². The molecular weight excluding hydrogens is 333 g/mol. The normalized spacial score (nSPS) is 12.2. The van der Waals surface area contributed by atoms with Gasteiger partial charge >= 0.3 is 0 Å². The van der Waals surface area contributed by atoms with E-state index in [1.807, 2.05) is 31.2 Å². The van der Waals surface area contributed by atoms with Crippen molar-refractivity contribution in [3.05, 3.63) is 69.7 Å². The molecule has 0 spiro atoms. The fourth-order valence-corrected chi connectivity index (χ4v) is 2.64. The summed E-state index contributed by atoms with van der Waals surface area (Å²) in [5, 5.41) is 3.95. The number of halogens is 2. The Bertz CT molecular complexity index is 729. The van der Waals surface area contributed by atoms with Crippen LogP contribution in [0.5, 0.6) is 5.75 Å². The predicted molar refractivity (Wildman–Crippen MR) is 95.0 cm³/mol. The van der Waals surface area contributed by atoms with E-state index in [1.54, 1.807) is 31.4 Å². The minimum Gasteiger partial charge on any atom is -0.496 e. The Hall–Kier alpha value is -1.97. The summed E-state index contributed by atoms with van der Waals surface area (Å²) in [7, 11) is 1.61. The predicted octanol–water partition coefficient (Wildman–Crippen LogP) is 4.89. The number of benzene rings is 2. The second kappa shape index (κ2) is 8.04. The lowest BCUT2D eigenvalue weighted by Gasteiger charge is -2.16. The maximum Gasteiger partial charge on any atom is 0.244 e. The van der Waals surface area contributed by atoms with Crippen LogP contribution in [0, 0.1) is 0 Å². The molecule has 0 saturated carbocycles. The third-order valence-corrected chi connectivity index (χ3v) is 3.90. The van der Waals surface area contributed by atoms with Gasteiger partial charge in [0.15, 0.2) is 0 Å². The van der Waals surface area contributed by atoms with E-state index in [0.717, 1.165) is 16.9 Å². The highest BCUT2D eigenvalue weighted by atomic mass is 35.5. The zero-order chi connectivity index (χ0) is 16.8. The maximum atomic E-state index is 12.1. The van der Waals surface area contributed by atoms with Crippen molar-refractivity contribution in [3.63, 3.8) is 0 Å². The molecular formula is C18H17Cl2NO2. The molecule has 0 fully saturated rings. The topological polar surface area (TPSA) is 38.3 Å². The van der Waals surface area contributed by atoms with E-state index in [2.05, 4.69) is 5.32 Å². The first-order valence-corrected chi connectivity index (χ1v) is 7.83. The first-order chi connectivity index (χ1) is 11.0. The monoisotopic (exact) mass is 349 g/mol. The van der Waals surface area contributed by atoms with E-state index >= 15 is 0 Å². The highest BCUT2D eigenvalue weighted by molar-refractivity contribution is 6.35. The molecule has 1 N–H and O–H groups in total. The molecule has 0 aliphatic rings. The van der Waals surface area contributed by atoms with E-state index in [4.69, 9.17) is 27.9 Å². The van der Waals surface area contributed by atoms with Gasteiger partial charge in [-0.05, 0) is 36.8 Å². The molecule has 23 heavy (non-hydrogen) atoms. The summed E-state index contributed by atoms with van der Waals surface area (Å²) < 4.78 is 5.30. The minimum absolute atomic E-state index is 0.177. The summed E-state index contributed by atoms with van der Waals surface area (Å²) in [6, 6.07) is 12.5. The number of amides is 1. The Morgan fingerprint density at radius 3 is 2.65 bits per heavy atom. The fraction of sp³-hybridized carbons (Fsp3) is 0.167. The van der Waals surface area contributed by atoms with Crippen LogP contribution < -0.4 is 10.1 Å². The average molecular weight is 350 g/mol. The van der Waals surface area contributed by atoms with Gasteiger partial charge in [-0.1, -0.05) is 47.5 Å². The van der Waals surface area contributed by atoms with E-state index in [1.165, 1.54) is 6.08 Å². The van der Waals surface area contributed by atoms with E-state index in [9.17, 15) is 4.79 Å². The molecule has 120 valence electrons. The molecule has 0 aliphatic carbocycles. The van der Waals surface area contributed by atoms with Crippen LogP contribution in [0.2, 0.25) is 10.0 Å². The summed E-state index contributed by atoms with van der Waals surface area (Å²) >= 11 is 11.9. The SMILES string of the molecule is COc1ccccc1C(C)NC(=O)/C=C/c1ccc(Cl)cc1Cl. The van der Waals surface area contributed by atoms with E-state index < -0.39 is 0 Å². The van der Waals surface area contributed by atoms with Gasteiger partial charge in [0.25, 0.3) is 0 Å². The Morgan fingerprint density at radius 1 is 1.22 bits per heavy atom. The van der Waals surface area contributed by atoms with Crippen LogP contribution in [0.15, 0.2) is 48.5 Å². The molecule has 2 aromatic carbocycles. The number of hydrogen-bond acceptors (Lipinski definition) is 2. The second-order valence-corrected chi connectivity index (χ2v) is 5.82. The summed E-state index contributed by atoms with van der Waals surface area (Å²) in [5.41, 5.74) is 1.65. The van der Waals surface area contributed by atoms with Crippen LogP contribution in [0.1, 0.15) is 24.1 Å². The zero-order valence-electron chi connectivity index (χ0n) is 12.8. The van der Waals surface area contributed by atoms with Crippen molar-refractivity contribution in [1.29, 1.82) is 0 Å². The number of carbonyl (C=O) groups excluding carboxylic acids is 1. The van der Waals surface area contributed by atoms with Gasteiger partial charge in [-0.2, -0.15) is 0 Å². The second-order valence-electron chi connectivity index (χ2n) is 4.97. The Morgan fingerprint density at radius 2 is 1.96 bits per heavy atom. The van der Waals surface area contributed by atoms with Gasteiger partial charge in [0, 0.05) is 21.7 Å². The van der Waals surface area contributed by atoms with Gasteiger partial charge in [0.05, 0.1) is 13.2 Å². The fourth-order valence-electron chi connectivity index (χ4n) is 2.17. The van der Waals surface area contributed by atoms with E-state index in [-0.39, 0.29) is 11.9 Å². The Balaban J connectivity index is 2.05. The highest BCUT2D eigenvalue weighted by Gasteiger charge is 2.12. The highest BCUT2D eigenvalue weighted by Crippen LogP contribution is 2.24. The van der Waals surface area contributed by atoms with E-state index in [0.29, 0.717) is 10.0 Å². The molecule has 3 nitrogen and oxygen atoms in total. The van der Waals surface area contributed by atoms with Crippen molar-refractivity contribution in [1.82, 2.24) is 5.32 Å². The van der Waals surface area contributed by atoms with Gasteiger partial charge < -0.3 is 10.1 Å². The number of para-hydroxylation sites is 1. The van der Waals surface area contributed by atoms with Crippen LogP contribution in [0.3, 0.4) is 0 Å². The van der Waals surface area contributed by atoms with Gasteiger partial charge in [-0.25, -0.2) is 0 Å². The molecule has 1 unspecified atom stereocenters. The third kappa shape index (κ3) is 4.75. The molecule has 2 rings (SSSR count). The Kier molecular flexibility index (Phi) is 6.08. The van der Waals surface area contributed by atoms with Crippen LogP contribution in [-0.2, 0) is 4.79 Å². The zero-order valence-corrected chi connectivity index (χ0v) is 14.4. The van der Waals surface area contributed by atoms with Crippen molar-refractivity contribution in [2.24, 2.45) is 0 Å². The Labute approximate surface area is 145 Å². The number of nitrogens with one attached hydrogen (secondary N) is 1. The molecule has 0 aliphatic heterocycles. The van der Waals surface area contributed by atoms with Gasteiger partial charge in [0.2, 0.25) is 5.91 Å². The van der Waals surface area contributed by atoms with Crippen molar-refractivity contribution in [2.45, 2.75) is 13.0 Å². The van der Waals surface area contributed by atoms with Crippen molar-refractivity contribution in [2.75, 3.05) is 7.11 Å². The number of methoxy groups -OCH3 is 1. The molecule has 0 radical (unpaired) electrons. The summed E-state index contributed by atoms with van der Waals surface area (Å²) in [4.78, 5) is 12.1. The van der Waals surface area contributed by atoms with Gasteiger partial charge in [0.1, 0.15) is 5.75 Å². The molecule has 0 bridgehead atoms. The summed E-state index contributed by atoms with van der Waals surface area (Å²) in [6.07, 6.45) is 3.10. The van der Waals surface area contributed by atoms with Crippen LogP contribution >= 0.6 is 23.2 Å². The molecule has 2 aromatic rings. The van der Waals surface area contributed by atoms with Crippen molar-refractivity contribution in [3.8, 4) is 5.75 Å². The first-order valence-electron chi connectivity index (χ1n) is 7.08. The molecule has 1 amide bonds. The van der Waals surface area contributed by atoms with Crippen molar-refractivity contribution < 1.29 is 9.53 Å². The largest absolute Gasteiger partial charge is 0.496 e. The number of carbonyl (C=O) groups is 1. The average Bonchev–Trinajstić information content (AvgIpc) is 2.54. The van der Waals surface area contributed by atoms with Crippen molar-refractivity contribution >= 4 is 35.2 Å².